The average Bonchev–Trinajstić information content (AvgIpc) is 3.03. The third kappa shape index (κ3) is 3.12. The molecule has 2 fully saturated rings. The standard InChI is InChI=1S/C16H26N4O/c1-16(2,3)20-10-12(9-17-20)18-15(21)14-8-11-6-4-5-7-13(11)19-14/h9-11,13-14,19H,4-8H2,1-3H3,(H,18,21)/t11-,13-,14+/m1/s1. The van der Waals surface area contributed by atoms with Crippen LogP contribution in [0.1, 0.15) is 52.9 Å². The minimum absolute atomic E-state index is 0.0453. The minimum atomic E-state index is -0.0659. The number of nitrogens with zero attached hydrogens (tertiary/aromatic N) is 2. The monoisotopic (exact) mass is 290 g/mol. The van der Waals surface area contributed by atoms with Crippen molar-refractivity contribution in [1.82, 2.24) is 15.1 Å². The van der Waals surface area contributed by atoms with Crippen LogP contribution in [0.3, 0.4) is 0 Å². The fourth-order valence-corrected chi connectivity index (χ4v) is 3.50. The van der Waals surface area contributed by atoms with Crippen LogP contribution < -0.4 is 10.6 Å². The van der Waals surface area contributed by atoms with Crippen LogP contribution in [0.5, 0.6) is 0 Å². The Hall–Kier alpha value is -1.36. The van der Waals surface area contributed by atoms with E-state index < -0.39 is 0 Å². The molecule has 0 unspecified atom stereocenters. The summed E-state index contributed by atoms with van der Waals surface area (Å²) in [7, 11) is 0. The number of anilines is 1. The van der Waals surface area contributed by atoms with Gasteiger partial charge in [-0.1, -0.05) is 12.8 Å². The number of carbonyl (C=O) groups is 1. The van der Waals surface area contributed by atoms with Gasteiger partial charge in [0, 0.05) is 12.2 Å². The van der Waals surface area contributed by atoms with Crippen molar-refractivity contribution in [3.8, 4) is 0 Å². The third-order valence-electron chi connectivity index (χ3n) is 4.72. The molecule has 0 aromatic carbocycles. The van der Waals surface area contributed by atoms with Gasteiger partial charge in [-0.05, 0) is 46.0 Å². The highest BCUT2D eigenvalue weighted by molar-refractivity contribution is 5.94. The molecule has 1 saturated carbocycles. The first-order chi connectivity index (χ1) is 9.93. The van der Waals surface area contributed by atoms with Gasteiger partial charge >= 0.3 is 0 Å². The Bertz CT molecular complexity index is 503. The molecule has 2 aliphatic rings. The van der Waals surface area contributed by atoms with Crippen LogP contribution in [-0.2, 0) is 10.3 Å². The van der Waals surface area contributed by atoms with E-state index in [1.54, 1.807) is 6.20 Å². The quantitative estimate of drug-likeness (QED) is 0.880. The third-order valence-corrected chi connectivity index (χ3v) is 4.72. The fourth-order valence-electron chi connectivity index (χ4n) is 3.50. The zero-order chi connectivity index (χ0) is 15.0. The molecule has 1 aromatic heterocycles. The van der Waals surface area contributed by atoms with Crippen LogP contribution in [0.15, 0.2) is 12.4 Å². The van der Waals surface area contributed by atoms with Gasteiger partial charge in [-0.25, -0.2) is 0 Å². The number of fused-ring (bicyclic) bond motifs is 1. The predicted molar refractivity (Wildman–Crippen MR) is 83.1 cm³/mol. The molecule has 0 spiro atoms. The highest BCUT2D eigenvalue weighted by atomic mass is 16.2. The molecule has 1 aliphatic heterocycles. The molecule has 3 atom stereocenters. The van der Waals surface area contributed by atoms with Gasteiger partial charge in [0.15, 0.2) is 0 Å². The molecule has 0 radical (unpaired) electrons. The Morgan fingerprint density at radius 2 is 2.14 bits per heavy atom. The Morgan fingerprint density at radius 3 is 2.81 bits per heavy atom. The molecule has 5 heteroatoms. The maximum absolute atomic E-state index is 12.4. The minimum Gasteiger partial charge on any atom is -0.322 e. The van der Waals surface area contributed by atoms with Gasteiger partial charge in [-0.2, -0.15) is 5.10 Å². The van der Waals surface area contributed by atoms with E-state index in [0.29, 0.717) is 12.0 Å². The summed E-state index contributed by atoms with van der Waals surface area (Å²) in [6, 6.07) is 0.503. The Balaban J connectivity index is 1.60. The second-order valence-corrected chi connectivity index (χ2v) is 7.44. The molecule has 1 aliphatic carbocycles. The normalized spacial score (nSPS) is 29.2. The number of hydrogen-bond acceptors (Lipinski definition) is 3. The van der Waals surface area contributed by atoms with E-state index in [2.05, 4.69) is 36.5 Å². The summed E-state index contributed by atoms with van der Waals surface area (Å²) in [4.78, 5) is 12.4. The number of hydrogen-bond donors (Lipinski definition) is 2. The molecule has 1 aromatic rings. The zero-order valence-corrected chi connectivity index (χ0v) is 13.2. The second-order valence-electron chi connectivity index (χ2n) is 7.44. The Labute approximate surface area is 126 Å². The molecular formula is C16H26N4O. The molecule has 1 amide bonds. The van der Waals surface area contributed by atoms with Gasteiger partial charge in [-0.3, -0.25) is 9.48 Å². The van der Waals surface area contributed by atoms with Crippen LogP contribution in [0.2, 0.25) is 0 Å². The maximum atomic E-state index is 12.4. The molecule has 0 bridgehead atoms. The summed E-state index contributed by atoms with van der Waals surface area (Å²) < 4.78 is 1.88. The van der Waals surface area contributed by atoms with Gasteiger partial charge < -0.3 is 10.6 Å². The van der Waals surface area contributed by atoms with Gasteiger partial charge in [0.2, 0.25) is 5.91 Å². The summed E-state index contributed by atoms with van der Waals surface area (Å²) >= 11 is 0. The lowest BCUT2D eigenvalue weighted by Gasteiger charge is -2.24. The molecule has 5 nitrogen and oxygen atoms in total. The summed E-state index contributed by atoms with van der Waals surface area (Å²) in [5.74, 6) is 0.768. The van der Waals surface area contributed by atoms with E-state index in [4.69, 9.17) is 0 Å². The van der Waals surface area contributed by atoms with Crippen molar-refractivity contribution in [1.29, 1.82) is 0 Å². The lowest BCUT2D eigenvalue weighted by atomic mass is 9.85. The fraction of sp³-hybridized carbons (Fsp3) is 0.750. The molecule has 2 N–H and O–H groups in total. The van der Waals surface area contributed by atoms with E-state index in [-0.39, 0.29) is 17.5 Å². The Morgan fingerprint density at radius 1 is 1.38 bits per heavy atom. The lowest BCUT2D eigenvalue weighted by molar-refractivity contribution is -0.117. The highest BCUT2D eigenvalue weighted by Crippen LogP contribution is 2.33. The number of nitrogens with one attached hydrogen (secondary N) is 2. The predicted octanol–water partition coefficient (Wildman–Crippen LogP) is 2.50. The lowest BCUT2D eigenvalue weighted by Crippen LogP contribution is -2.39. The average molecular weight is 290 g/mol. The van der Waals surface area contributed by atoms with Crippen molar-refractivity contribution in [2.75, 3.05) is 5.32 Å². The molecule has 3 rings (SSSR count). The van der Waals surface area contributed by atoms with E-state index in [0.717, 1.165) is 12.1 Å². The molecule has 21 heavy (non-hydrogen) atoms. The second kappa shape index (κ2) is 5.44. The van der Waals surface area contributed by atoms with E-state index >= 15 is 0 Å². The zero-order valence-electron chi connectivity index (χ0n) is 13.2. The number of rotatable bonds is 2. The summed E-state index contributed by atoms with van der Waals surface area (Å²) in [5.41, 5.74) is 0.718. The molecular weight excluding hydrogens is 264 g/mol. The molecule has 116 valence electrons. The van der Waals surface area contributed by atoms with Crippen molar-refractivity contribution in [3.05, 3.63) is 12.4 Å². The van der Waals surface area contributed by atoms with Crippen molar-refractivity contribution >= 4 is 11.6 Å². The van der Waals surface area contributed by atoms with Crippen LogP contribution in [0, 0.1) is 5.92 Å². The largest absolute Gasteiger partial charge is 0.322 e. The van der Waals surface area contributed by atoms with Gasteiger partial charge in [0.25, 0.3) is 0 Å². The Kier molecular flexibility index (Phi) is 3.78. The summed E-state index contributed by atoms with van der Waals surface area (Å²) in [5, 5.41) is 10.8. The number of carbonyl (C=O) groups excluding carboxylic acids is 1. The molecule has 1 saturated heterocycles. The first-order valence-corrected chi connectivity index (χ1v) is 8.05. The smallest absolute Gasteiger partial charge is 0.241 e. The SMILES string of the molecule is CC(C)(C)n1cc(NC(=O)[C@@H]2C[C@H]3CCCC[C@H]3N2)cn1. The molecule has 2 heterocycles. The first-order valence-electron chi connectivity index (χ1n) is 8.05. The van der Waals surface area contributed by atoms with E-state index in [1.807, 2.05) is 10.9 Å². The van der Waals surface area contributed by atoms with Crippen molar-refractivity contribution < 1.29 is 4.79 Å². The number of aromatic nitrogens is 2. The van der Waals surface area contributed by atoms with Gasteiger partial charge in [0.1, 0.15) is 0 Å². The van der Waals surface area contributed by atoms with Crippen LogP contribution in [0.4, 0.5) is 5.69 Å². The van der Waals surface area contributed by atoms with Crippen molar-refractivity contribution in [2.24, 2.45) is 5.92 Å². The van der Waals surface area contributed by atoms with E-state index in [9.17, 15) is 4.79 Å². The summed E-state index contributed by atoms with van der Waals surface area (Å²) in [6.45, 7) is 6.28. The topological polar surface area (TPSA) is 59.0 Å². The van der Waals surface area contributed by atoms with E-state index in [1.165, 1.54) is 25.7 Å². The first kappa shape index (κ1) is 14.6. The maximum Gasteiger partial charge on any atom is 0.241 e. The van der Waals surface area contributed by atoms with Crippen LogP contribution in [0.25, 0.3) is 0 Å². The highest BCUT2D eigenvalue weighted by Gasteiger charge is 2.38. The summed E-state index contributed by atoms with van der Waals surface area (Å²) in [6.07, 6.45) is 9.70. The van der Waals surface area contributed by atoms with Gasteiger partial charge in [0.05, 0.1) is 23.5 Å². The number of amides is 1. The van der Waals surface area contributed by atoms with Crippen LogP contribution in [-0.4, -0.2) is 27.8 Å². The van der Waals surface area contributed by atoms with Crippen molar-refractivity contribution in [3.63, 3.8) is 0 Å². The van der Waals surface area contributed by atoms with Gasteiger partial charge in [-0.15, -0.1) is 0 Å². The van der Waals surface area contributed by atoms with Crippen molar-refractivity contribution in [2.45, 2.75) is 70.5 Å². The van der Waals surface area contributed by atoms with Crippen LogP contribution >= 0.6 is 0 Å².